The molecular formula is C18H23N3O3. The smallest absolute Gasteiger partial charge is 0.263 e. The average Bonchev–Trinajstić information content (AvgIpc) is 2.62. The molecule has 0 aliphatic heterocycles. The zero-order valence-corrected chi connectivity index (χ0v) is 14.1. The number of nitriles is 1. The van der Waals surface area contributed by atoms with Crippen LogP contribution in [0.4, 0.5) is 5.69 Å². The fourth-order valence-electron chi connectivity index (χ4n) is 2.74. The number of hydrogen-bond donors (Lipinski definition) is 2. The molecule has 24 heavy (non-hydrogen) atoms. The lowest BCUT2D eigenvalue weighted by molar-refractivity contribution is -0.118. The Morgan fingerprint density at radius 3 is 2.54 bits per heavy atom. The maximum atomic E-state index is 12.2. The first-order valence-corrected chi connectivity index (χ1v) is 8.07. The molecule has 1 saturated carbocycles. The Morgan fingerprint density at radius 1 is 1.21 bits per heavy atom. The quantitative estimate of drug-likeness (QED) is 0.619. The summed E-state index contributed by atoms with van der Waals surface area (Å²) in [5.41, 5.74) is 0.751. The summed E-state index contributed by atoms with van der Waals surface area (Å²) >= 11 is 0. The molecule has 0 heterocycles. The number of nitrogens with zero attached hydrogens (tertiary/aromatic N) is 1. The number of benzene rings is 1. The normalized spacial score (nSPS) is 15.3. The molecule has 0 bridgehead atoms. The van der Waals surface area contributed by atoms with Crippen molar-refractivity contribution in [3.63, 3.8) is 0 Å². The number of nitrogens with one attached hydrogen (secondary N) is 2. The third-order valence-electron chi connectivity index (χ3n) is 4.07. The minimum Gasteiger partial charge on any atom is -0.493 e. The van der Waals surface area contributed by atoms with Gasteiger partial charge < -0.3 is 20.1 Å². The molecule has 0 aromatic heterocycles. The van der Waals surface area contributed by atoms with Crippen LogP contribution in [0.25, 0.3) is 0 Å². The Labute approximate surface area is 142 Å². The summed E-state index contributed by atoms with van der Waals surface area (Å²) in [6.45, 7) is 0. The van der Waals surface area contributed by atoms with Crippen molar-refractivity contribution in [2.24, 2.45) is 0 Å². The van der Waals surface area contributed by atoms with E-state index in [1.165, 1.54) is 12.6 Å². The zero-order chi connectivity index (χ0) is 17.4. The van der Waals surface area contributed by atoms with Crippen molar-refractivity contribution >= 4 is 11.6 Å². The number of anilines is 1. The molecule has 128 valence electrons. The minimum atomic E-state index is -0.336. The molecule has 2 rings (SSSR count). The van der Waals surface area contributed by atoms with Gasteiger partial charge in [-0.05, 0) is 25.0 Å². The Kier molecular flexibility index (Phi) is 6.50. The number of ether oxygens (including phenoxy) is 2. The van der Waals surface area contributed by atoms with Gasteiger partial charge in [-0.3, -0.25) is 4.79 Å². The van der Waals surface area contributed by atoms with E-state index in [1.807, 2.05) is 6.07 Å². The van der Waals surface area contributed by atoms with E-state index in [4.69, 9.17) is 9.47 Å². The predicted molar refractivity (Wildman–Crippen MR) is 91.9 cm³/mol. The maximum absolute atomic E-state index is 12.2. The molecule has 1 amide bonds. The van der Waals surface area contributed by atoms with Crippen LogP contribution in [0.5, 0.6) is 11.5 Å². The molecule has 1 aliphatic rings. The zero-order valence-electron chi connectivity index (χ0n) is 14.1. The molecular weight excluding hydrogens is 306 g/mol. The number of hydrogen-bond acceptors (Lipinski definition) is 5. The fourth-order valence-corrected chi connectivity index (χ4v) is 2.74. The lowest BCUT2D eigenvalue weighted by Crippen LogP contribution is -2.37. The average molecular weight is 329 g/mol. The summed E-state index contributed by atoms with van der Waals surface area (Å²) in [4.78, 5) is 12.2. The van der Waals surface area contributed by atoms with Gasteiger partial charge in [0.05, 0.1) is 14.2 Å². The van der Waals surface area contributed by atoms with Crippen molar-refractivity contribution in [3.05, 3.63) is 30.0 Å². The molecule has 0 radical (unpaired) electrons. The number of methoxy groups -OCH3 is 2. The largest absolute Gasteiger partial charge is 0.493 e. The number of carbonyl (C=O) groups excluding carboxylic acids is 1. The van der Waals surface area contributed by atoms with Crippen molar-refractivity contribution in [3.8, 4) is 17.6 Å². The first kappa shape index (κ1) is 17.7. The van der Waals surface area contributed by atoms with Crippen LogP contribution in [0.3, 0.4) is 0 Å². The van der Waals surface area contributed by atoms with Gasteiger partial charge in [-0.2, -0.15) is 5.26 Å². The van der Waals surface area contributed by atoms with E-state index < -0.39 is 0 Å². The highest BCUT2D eigenvalue weighted by Gasteiger charge is 2.18. The van der Waals surface area contributed by atoms with Gasteiger partial charge in [-0.15, -0.1) is 0 Å². The topological polar surface area (TPSA) is 83.4 Å². The molecule has 6 nitrogen and oxygen atoms in total. The van der Waals surface area contributed by atoms with E-state index in [0.717, 1.165) is 25.7 Å². The lowest BCUT2D eigenvalue weighted by atomic mass is 9.95. The second kappa shape index (κ2) is 8.82. The Hall–Kier alpha value is -2.68. The van der Waals surface area contributed by atoms with Crippen molar-refractivity contribution in [2.75, 3.05) is 19.5 Å². The van der Waals surface area contributed by atoms with Gasteiger partial charge in [0, 0.05) is 24.0 Å². The Balaban J connectivity index is 2.02. The third kappa shape index (κ3) is 4.66. The second-order valence-electron chi connectivity index (χ2n) is 5.69. The van der Waals surface area contributed by atoms with Crippen molar-refractivity contribution in [1.82, 2.24) is 5.32 Å². The van der Waals surface area contributed by atoms with Gasteiger partial charge in [0.1, 0.15) is 11.6 Å². The van der Waals surface area contributed by atoms with Crippen LogP contribution >= 0.6 is 0 Å². The predicted octanol–water partition coefficient (Wildman–Crippen LogP) is 2.97. The molecule has 2 N–H and O–H groups in total. The van der Waals surface area contributed by atoms with Crippen LogP contribution in [-0.2, 0) is 4.79 Å². The van der Waals surface area contributed by atoms with Crippen LogP contribution in [0.15, 0.2) is 30.0 Å². The first-order valence-electron chi connectivity index (χ1n) is 8.07. The number of rotatable bonds is 6. The van der Waals surface area contributed by atoms with Crippen molar-refractivity contribution < 1.29 is 14.3 Å². The molecule has 1 aromatic carbocycles. The lowest BCUT2D eigenvalue weighted by Gasteiger charge is -2.22. The van der Waals surface area contributed by atoms with Crippen molar-refractivity contribution in [2.45, 2.75) is 38.1 Å². The SMILES string of the molecule is COc1ccc(N/C=C(/C#N)C(=O)NC2CCCCC2)cc1OC. The van der Waals surface area contributed by atoms with Gasteiger partial charge in [0.25, 0.3) is 5.91 Å². The van der Waals surface area contributed by atoms with Gasteiger partial charge >= 0.3 is 0 Å². The fraction of sp³-hybridized carbons (Fsp3) is 0.444. The summed E-state index contributed by atoms with van der Waals surface area (Å²) in [6.07, 6.45) is 6.84. The van der Waals surface area contributed by atoms with E-state index in [1.54, 1.807) is 32.4 Å². The molecule has 0 spiro atoms. The first-order chi connectivity index (χ1) is 11.7. The third-order valence-corrected chi connectivity index (χ3v) is 4.07. The number of amides is 1. The minimum absolute atomic E-state index is 0.0513. The highest BCUT2D eigenvalue weighted by atomic mass is 16.5. The van der Waals surface area contributed by atoms with E-state index in [2.05, 4.69) is 10.6 Å². The molecule has 0 saturated heterocycles. The van der Waals surface area contributed by atoms with Crippen LogP contribution in [-0.4, -0.2) is 26.2 Å². The number of carbonyl (C=O) groups is 1. The standard InChI is InChI=1S/C18H23N3O3/c1-23-16-9-8-15(10-17(16)24-2)20-12-13(11-19)18(22)21-14-6-4-3-5-7-14/h8-10,12,14,20H,3-7H2,1-2H3,(H,21,22)/b13-12-. The van der Waals surface area contributed by atoms with Crippen molar-refractivity contribution in [1.29, 1.82) is 5.26 Å². The van der Waals surface area contributed by atoms with Gasteiger partial charge in [-0.1, -0.05) is 19.3 Å². The molecule has 1 aliphatic carbocycles. The van der Waals surface area contributed by atoms with Gasteiger partial charge in [0.2, 0.25) is 0 Å². The second-order valence-corrected chi connectivity index (χ2v) is 5.69. The van der Waals surface area contributed by atoms with Crippen LogP contribution < -0.4 is 20.1 Å². The van der Waals surface area contributed by atoms with Crippen LogP contribution in [0, 0.1) is 11.3 Å². The van der Waals surface area contributed by atoms with Gasteiger partial charge in [-0.25, -0.2) is 0 Å². The van der Waals surface area contributed by atoms with Crippen LogP contribution in [0.2, 0.25) is 0 Å². The highest BCUT2D eigenvalue weighted by Crippen LogP contribution is 2.29. The molecule has 1 fully saturated rings. The summed E-state index contributed by atoms with van der Waals surface area (Å²) in [5, 5.41) is 15.1. The highest BCUT2D eigenvalue weighted by molar-refractivity contribution is 5.97. The molecule has 1 aromatic rings. The Morgan fingerprint density at radius 2 is 1.92 bits per heavy atom. The molecule has 0 unspecified atom stereocenters. The molecule has 6 heteroatoms. The van der Waals surface area contributed by atoms with E-state index >= 15 is 0 Å². The summed E-state index contributed by atoms with van der Waals surface area (Å²) in [7, 11) is 3.12. The van der Waals surface area contributed by atoms with E-state index in [9.17, 15) is 10.1 Å². The summed E-state index contributed by atoms with van der Waals surface area (Å²) < 4.78 is 10.4. The summed E-state index contributed by atoms with van der Waals surface area (Å²) in [6, 6.07) is 7.39. The molecule has 0 atom stereocenters. The van der Waals surface area contributed by atoms with E-state index in [0.29, 0.717) is 17.2 Å². The van der Waals surface area contributed by atoms with E-state index in [-0.39, 0.29) is 17.5 Å². The monoisotopic (exact) mass is 329 g/mol. The Bertz CT molecular complexity index is 643. The van der Waals surface area contributed by atoms with Crippen LogP contribution in [0.1, 0.15) is 32.1 Å². The van der Waals surface area contributed by atoms with Gasteiger partial charge in [0.15, 0.2) is 11.5 Å². The maximum Gasteiger partial charge on any atom is 0.263 e. The summed E-state index contributed by atoms with van der Waals surface area (Å²) in [5.74, 6) is 0.848.